The topological polar surface area (TPSA) is 95.1 Å². The van der Waals surface area contributed by atoms with Crippen molar-refractivity contribution in [1.29, 1.82) is 0 Å². The third-order valence-electron chi connectivity index (χ3n) is 4.08. The van der Waals surface area contributed by atoms with Gasteiger partial charge in [0.25, 0.3) is 15.7 Å². The summed E-state index contributed by atoms with van der Waals surface area (Å²) in [7, 11) is -3.97. The van der Waals surface area contributed by atoms with Gasteiger partial charge in [0.2, 0.25) is 0 Å². The quantitative estimate of drug-likeness (QED) is 0.391. The summed E-state index contributed by atoms with van der Waals surface area (Å²) >= 11 is 6.17. The molecule has 0 fully saturated rings. The second-order valence-corrected chi connectivity index (χ2v) is 7.76. The van der Waals surface area contributed by atoms with Gasteiger partial charge in [-0.15, -0.1) is 0 Å². The molecule has 26 heavy (non-hydrogen) atoms. The summed E-state index contributed by atoms with van der Waals surface area (Å²) in [4.78, 5) is 14.4. The fourth-order valence-corrected chi connectivity index (χ4v) is 4.57. The third kappa shape index (κ3) is 2.42. The van der Waals surface area contributed by atoms with Crippen molar-refractivity contribution < 1.29 is 13.3 Å². The van der Waals surface area contributed by atoms with E-state index >= 15 is 0 Å². The predicted molar refractivity (Wildman–Crippen MR) is 97.9 cm³/mol. The summed E-state index contributed by atoms with van der Waals surface area (Å²) in [5, 5.41) is 12.4. The lowest BCUT2D eigenvalue weighted by molar-refractivity contribution is -0.384. The van der Waals surface area contributed by atoms with E-state index in [0.29, 0.717) is 15.8 Å². The minimum atomic E-state index is -3.97. The Kier molecular flexibility index (Phi) is 3.67. The minimum Gasteiger partial charge on any atom is -0.258 e. The average Bonchev–Trinajstić information content (AvgIpc) is 3.06. The van der Waals surface area contributed by atoms with Crippen LogP contribution in [0.1, 0.15) is 0 Å². The maximum absolute atomic E-state index is 13.2. The normalized spacial score (nSPS) is 11.9. The molecule has 9 heteroatoms. The van der Waals surface area contributed by atoms with Gasteiger partial charge in [-0.25, -0.2) is 17.4 Å². The predicted octanol–water partition coefficient (Wildman–Crippen LogP) is 3.99. The first kappa shape index (κ1) is 16.5. The number of hydrogen-bond donors (Lipinski definition) is 0. The van der Waals surface area contributed by atoms with Crippen molar-refractivity contribution >= 4 is 49.1 Å². The lowest BCUT2D eigenvalue weighted by atomic mass is 10.1. The summed E-state index contributed by atoms with van der Waals surface area (Å²) < 4.78 is 27.4. The maximum atomic E-state index is 13.2. The molecule has 0 radical (unpaired) electrons. The third-order valence-corrected chi connectivity index (χ3v) is 6.13. The Balaban J connectivity index is 1.98. The zero-order valence-corrected chi connectivity index (χ0v) is 14.6. The van der Waals surface area contributed by atoms with Crippen LogP contribution in [-0.2, 0) is 10.0 Å². The van der Waals surface area contributed by atoms with Gasteiger partial charge in [-0.2, -0.15) is 0 Å². The molecule has 1 heterocycles. The van der Waals surface area contributed by atoms with Gasteiger partial charge in [0.15, 0.2) is 0 Å². The van der Waals surface area contributed by atoms with Crippen LogP contribution in [0.5, 0.6) is 0 Å². The molecular formula is C17H10ClN3O4S. The number of fused-ring (bicyclic) bond motifs is 2. The molecule has 1 aromatic heterocycles. The van der Waals surface area contributed by atoms with E-state index in [2.05, 4.69) is 4.98 Å². The van der Waals surface area contributed by atoms with Gasteiger partial charge in [-0.1, -0.05) is 35.9 Å². The van der Waals surface area contributed by atoms with E-state index in [1.165, 1.54) is 30.3 Å². The Morgan fingerprint density at radius 3 is 2.50 bits per heavy atom. The standard InChI is InChI=1S/C17H10ClN3O4S/c18-14-6-8-17(13-4-2-1-3-12(13)14)26(24,25)20-10-19-15-9-11(21(22)23)5-7-16(15)20/h1-10H. The van der Waals surface area contributed by atoms with E-state index in [0.717, 1.165) is 10.3 Å². The highest BCUT2D eigenvalue weighted by Gasteiger charge is 2.23. The molecule has 0 bridgehead atoms. The number of rotatable bonds is 3. The zero-order chi connectivity index (χ0) is 18.5. The fraction of sp³-hybridized carbons (Fsp3) is 0. The molecule has 0 amide bonds. The molecule has 0 saturated heterocycles. The summed E-state index contributed by atoms with van der Waals surface area (Å²) in [5.41, 5.74) is 0.327. The van der Waals surface area contributed by atoms with Crippen LogP contribution in [0.3, 0.4) is 0 Å². The van der Waals surface area contributed by atoms with Crippen LogP contribution in [0.4, 0.5) is 5.69 Å². The molecule has 130 valence electrons. The number of aromatic nitrogens is 2. The molecule has 0 aliphatic carbocycles. The van der Waals surface area contributed by atoms with Crippen molar-refractivity contribution in [3.8, 4) is 0 Å². The molecule has 0 atom stereocenters. The van der Waals surface area contributed by atoms with E-state index in [1.807, 2.05) is 0 Å². The first-order chi connectivity index (χ1) is 12.4. The van der Waals surface area contributed by atoms with Gasteiger partial charge in [0, 0.05) is 27.9 Å². The van der Waals surface area contributed by atoms with Crippen LogP contribution in [0, 0.1) is 10.1 Å². The second kappa shape index (κ2) is 5.79. The number of non-ortho nitro benzene ring substituents is 1. The van der Waals surface area contributed by atoms with Crippen molar-refractivity contribution in [2.75, 3.05) is 0 Å². The number of benzene rings is 3. The van der Waals surface area contributed by atoms with E-state index in [4.69, 9.17) is 11.6 Å². The van der Waals surface area contributed by atoms with Crippen LogP contribution in [-0.4, -0.2) is 22.3 Å². The van der Waals surface area contributed by atoms with Gasteiger partial charge in [0.05, 0.1) is 20.9 Å². The molecule has 7 nitrogen and oxygen atoms in total. The number of halogens is 1. The molecule has 3 aromatic carbocycles. The Bertz CT molecular complexity index is 1300. The number of nitro groups is 1. The van der Waals surface area contributed by atoms with Crippen molar-refractivity contribution in [3.05, 3.63) is 76.1 Å². The number of imidazole rings is 1. The molecule has 4 rings (SSSR count). The molecule has 0 saturated carbocycles. The molecule has 0 unspecified atom stereocenters. The highest BCUT2D eigenvalue weighted by atomic mass is 35.5. The Hall–Kier alpha value is -2.97. The molecule has 0 N–H and O–H groups in total. The molecule has 0 aliphatic rings. The summed E-state index contributed by atoms with van der Waals surface area (Å²) in [5.74, 6) is 0. The first-order valence-electron chi connectivity index (χ1n) is 7.44. The van der Waals surface area contributed by atoms with Crippen LogP contribution in [0.25, 0.3) is 21.8 Å². The summed E-state index contributed by atoms with van der Waals surface area (Å²) in [6.07, 6.45) is 1.15. The van der Waals surface area contributed by atoms with E-state index in [1.54, 1.807) is 24.3 Å². The van der Waals surface area contributed by atoms with Crippen LogP contribution in [0.2, 0.25) is 5.02 Å². The lowest BCUT2D eigenvalue weighted by Gasteiger charge is -2.10. The summed E-state index contributed by atoms with van der Waals surface area (Å²) in [6.45, 7) is 0. The molecule has 0 aliphatic heterocycles. The Morgan fingerprint density at radius 1 is 1.04 bits per heavy atom. The van der Waals surface area contributed by atoms with Gasteiger partial charge in [-0.3, -0.25) is 10.1 Å². The second-order valence-electron chi connectivity index (χ2n) is 5.57. The lowest BCUT2D eigenvalue weighted by Crippen LogP contribution is -2.12. The zero-order valence-electron chi connectivity index (χ0n) is 13.0. The SMILES string of the molecule is O=[N+]([O-])c1ccc2c(c1)ncn2S(=O)(=O)c1ccc(Cl)c2ccccc12. The van der Waals surface area contributed by atoms with Crippen molar-refractivity contribution in [1.82, 2.24) is 8.96 Å². The van der Waals surface area contributed by atoms with Crippen molar-refractivity contribution in [2.45, 2.75) is 4.90 Å². The van der Waals surface area contributed by atoms with Gasteiger partial charge < -0.3 is 0 Å². The molecule has 4 aromatic rings. The van der Waals surface area contributed by atoms with E-state index < -0.39 is 14.9 Å². The van der Waals surface area contributed by atoms with Crippen LogP contribution >= 0.6 is 11.6 Å². The van der Waals surface area contributed by atoms with Crippen molar-refractivity contribution in [2.24, 2.45) is 0 Å². The van der Waals surface area contributed by atoms with Gasteiger partial charge in [0.1, 0.15) is 6.33 Å². The summed E-state index contributed by atoms with van der Waals surface area (Å²) in [6, 6.07) is 13.7. The van der Waals surface area contributed by atoms with Crippen molar-refractivity contribution in [3.63, 3.8) is 0 Å². The number of hydrogen-bond acceptors (Lipinski definition) is 5. The largest absolute Gasteiger partial charge is 0.271 e. The van der Waals surface area contributed by atoms with Gasteiger partial charge in [-0.05, 0) is 18.2 Å². The smallest absolute Gasteiger partial charge is 0.258 e. The molecular weight excluding hydrogens is 378 g/mol. The Morgan fingerprint density at radius 2 is 1.77 bits per heavy atom. The number of nitrogens with zero attached hydrogens (tertiary/aromatic N) is 3. The maximum Gasteiger partial charge on any atom is 0.271 e. The highest BCUT2D eigenvalue weighted by molar-refractivity contribution is 7.90. The Labute approximate surface area is 152 Å². The fourth-order valence-electron chi connectivity index (χ4n) is 2.85. The average molecular weight is 388 g/mol. The van der Waals surface area contributed by atoms with E-state index in [-0.39, 0.29) is 21.6 Å². The monoisotopic (exact) mass is 387 g/mol. The van der Waals surface area contributed by atoms with E-state index in [9.17, 15) is 18.5 Å². The number of nitro benzene ring substituents is 1. The van der Waals surface area contributed by atoms with Gasteiger partial charge >= 0.3 is 0 Å². The highest BCUT2D eigenvalue weighted by Crippen LogP contribution is 2.31. The molecule has 0 spiro atoms. The minimum absolute atomic E-state index is 0.0788. The van der Waals surface area contributed by atoms with Crippen LogP contribution in [0.15, 0.2) is 65.8 Å². The van der Waals surface area contributed by atoms with Crippen LogP contribution < -0.4 is 0 Å². The first-order valence-corrected chi connectivity index (χ1v) is 9.26.